The SMILES string of the molecule is CCOc1ccccc1NC(=O)COC(=O)C[C@@H]1c2ccccc2C=CN1C(C)=O. The summed E-state index contributed by atoms with van der Waals surface area (Å²) < 4.78 is 10.6. The Morgan fingerprint density at radius 1 is 1.07 bits per heavy atom. The monoisotopic (exact) mass is 408 g/mol. The fourth-order valence-electron chi connectivity index (χ4n) is 3.31. The van der Waals surface area contributed by atoms with Gasteiger partial charge in [0.25, 0.3) is 5.91 Å². The number of carbonyl (C=O) groups is 3. The second-order valence-electron chi connectivity index (χ2n) is 6.73. The minimum Gasteiger partial charge on any atom is -0.492 e. The maximum absolute atomic E-state index is 12.4. The molecule has 2 aromatic carbocycles. The number of nitrogens with one attached hydrogen (secondary N) is 1. The highest BCUT2D eigenvalue weighted by Gasteiger charge is 2.29. The van der Waals surface area contributed by atoms with Crippen LogP contribution in [0.15, 0.2) is 54.7 Å². The van der Waals surface area contributed by atoms with E-state index < -0.39 is 24.5 Å². The number of para-hydroxylation sites is 2. The Labute approximate surface area is 175 Å². The van der Waals surface area contributed by atoms with Crippen LogP contribution >= 0.6 is 0 Å². The molecule has 0 unspecified atom stereocenters. The van der Waals surface area contributed by atoms with Gasteiger partial charge in [-0.1, -0.05) is 36.4 Å². The number of hydrogen-bond donors (Lipinski definition) is 1. The van der Waals surface area contributed by atoms with Gasteiger partial charge in [-0.15, -0.1) is 0 Å². The standard InChI is InChI=1S/C23H24N2O5/c1-3-29-21-11-7-6-10-19(21)24-22(27)15-30-23(28)14-20-18-9-5-4-8-17(18)12-13-25(20)16(2)26/h4-13,20H,3,14-15H2,1-2H3,(H,24,27)/t20-/m1/s1. The van der Waals surface area contributed by atoms with Crippen LogP contribution in [-0.4, -0.2) is 35.9 Å². The molecule has 0 radical (unpaired) electrons. The van der Waals surface area contributed by atoms with Crippen LogP contribution < -0.4 is 10.1 Å². The van der Waals surface area contributed by atoms with E-state index in [9.17, 15) is 14.4 Å². The number of amides is 2. The van der Waals surface area contributed by atoms with Crippen molar-refractivity contribution in [1.82, 2.24) is 4.90 Å². The van der Waals surface area contributed by atoms with Gasteiger partial charge in [0.05, 0.1) is 24.8 Å². The van der Waals surface area contributed by atoms with Crippen molar-refractivity contribution in [2.75, 3.05) is 18.5 Å². The number of ether oxygens (including phenoxy) is 2. The van der Waals surface area contributed by atoms with Crippen LogP contribution in [0.25, 0.3) is 6.08 Å². The van der Waals surface area contributed by atoms with Gasteiger partial charge in [0.2, 0.25) is 5.91 Å². The highest BCUT2D eigenvalue weighted by Crippen LogP contribution is 2.33. The zero-order valence-corrected chi connectivity index (χ0v) is 17.0. The summed E-state index contributed by atoms with van der Waals surface area (Å²) in [5, 5.41) is 2.68. The van der Waals surface area contributed by atoms with Crippen LogP contribution in [0.1, 0.15) is 37.4 Å². The van der Waals surface area contributed by atoms with Crippen LogP contribution in [-0.2, 0) is 19.1 Å². The van der Waals surface area contributed by atoms with E-state index >= 15 is 0 Å². The molecular formula is C23H24N2O5. The van der Waals surface area contributed by atoms with Gasteiger partial charge in [0.1, 0.15) is 5.75 Å². The zero-order chi connectivity index (χ0) is 21.5. The van der Waals surface area contributed by atoms with Crippen LogP contribution in [0.3, 0.4) is 0 Å². The van der Waals surface area contributed by atoms with Gasteiger partial charge in [0.15, 0.2) is 6.61 Å². The number of esters is 1. The molecule has 1 heterocycles. The number of hydrogen-bond acceptors (Lipinski definition) is 5. The number of fused-ring (bicyclic) bond motifs is 1. The second-order valence-corrected chi connectivity index (χ2v) is 6.73. The van der Waals surface area contributed by atoms with E-state index in [2.05, 4.69) is 5.32 Å². The number of anilines is 1. The Kier molecular flexibility index (Phi) is 6.85. The van der Waals surface area contributed by atoms with E-state index in [1.807, 2.05) is 37.3 Å². The first-order valence-electron chi connectivity index (χ1n) is 9.73. The smallest absolute Gasteiger partial charge is 0.308 e. The van der Waals surface area contributed by atoms with E-state index in [-0.39, 0.29) is 12.3 Å². The lowest BCUT2D eigenvalue weighted by Gasteiger charge is -2.32. The first-order chi connectivity index (χ1) is 14.5. The number of nitrogens with zero attached hydrogens (tertiary/aromatic N) is 1. The predicted octanol–water partition coefficient (Wildman–Crippen LogP) is 3.53. The fourth-order valence-corrected chi connectivity index (χ4v) is 3.31. The molecule has 0 fully saturated rings. The molecule has 0 saturated heterocycles. The van der Waals surface area contributed by atoms with Gasteiger partial charge >= 0.3 is 5.97 Å². The average Bonchev–Trinajstić information content (AvgIpc) is 2.74. The van der Waals surface area contributed by atoms with Crippen molar-refractivity contribution in [3.05, 3.63) is 65.9 Å². The molecule has 2 aromatic rings. The third kappa shape index (κ3) is 5.05. The third-order valence-corrected chi connectivity index (χ3v) is 4.65. The highest BCUT2D eigenvalue weighted by atomic mass is 16.5. The molecule has 1 atom stereocenters. The van der Waals surface area contributed by atoms with Gasteiger partial charge < -0.3 is 19.7 Å². The van der Waals surface area contributed by atoms with Crippen molar-refractivity contribution in [1.29, 1.82) is 0 Å². The lowest BCUT2D eigenvalue weighted by Crippen LogP contribution is -2.33. The molecule has 1 aliphatic heterocycles. The van der Waals surface area contributed by atoms with Crippen LogP contribution in [0.5, 0.6) is 5.75 Å². The maximum Gasteiger partial charge on any atom is 0.308 e. The summed E-state index contributed by atoms with van der Waals surface area (Å²) in [5.41, 5.74) is 2.31. The minimum atomic E-state index is -0.565. The quantitative estimate of drug-likeness (QED) is 0.709. The number of rotatable bonds is 7. The van der Waals surface area contributed by atoms with Gasteiger partial charge in [-0.05, 0) is 36.3 Å². The lowest BCUT2D eigenvalue weighted by atomic mass is 9.94. The molecule has 7 nitrogen and oxygen atoms in total. The largest absolute Gasteiger partial charge is 0.492 e. The Bertz CT molecular complexity index is 970. The number of carbonyl (C=O) groups excluding carboxylic acids is 3. The number of benzene rings is 2. The van der Waals surface area contributed by atoms with Gasteiger partial charge in [-0.3, -0.25) is 14.4 Å². The molecule has 0 bridgehead atoms. The fraction of sp³-hybridized carbons (Fsp3) is 0.261. The Morgan fingerprint density at radius 3 is 2.57 bits per heavy atom. The molecule has 7 heteroatoms. The summed E-state index contributed by atoms with van der Waals surface area (Å²) in [5.74, 6) is -0.668. The molecule has 2 amide bonds. The van der Waals surface area contributed by atoms with Gasteiger partial charge in [-0.25, -0.2) is 0 Å². The summed E-state index contributed by atoms with van der Waals surface area (Å²) in [4.78, 5) is 38.1. The van der Waals surface area contributed by atoms with Crippen molar-refractivity contribution >= 4 is 29.5 Å². The highest BCUT2D eigenvalue weighted by molar-refractivity contribution is 5.94. The van der Waals surface area contributed by atoms with E-state index in [4.69, 9.17) is 9.47 Å². The van der Waals surface area contributed by atoms with Crippen molar-refractivity contribution in [3.8, 4) is 5.75 Å². The molecule has 0 aliphatic carbocycles. The lowest BCUT2D eigenvalue weighted by molar-refractivity contribution is -0.149. The Morgan fingerprint density at radius 2 is 1.80 bits per heavy atom. The van der Waals surface area contributed by atoms with E-state index in [1.54, 1.807) is 30.5 Å². The van der Waals surface area contributed by atoms with Gasteiger partial charge in [-0.2, -0.15) is 0 Å². The van der Waals surface area contributed by atoms with Gasteiger partial charge in [0, 0.05) is 13.1 Å². The molecule has 30 heavy (non-hydrogen) atoms. The Balaban J connectivity index is 1.60. The normalized spacial score (nSPS) is 14.6. The topological polar surface area (TPSA) is 84.9 Å². The van der Waals surface area contributed by atoms with Crippen LogP contribution in [0.2, 0.25) is 0 Å². The molecule has 0 spiro atoms. The molecule has 1 N–H and O–H groups in total. The maximum atomic E-state index is 12.4. The predicted molar refractivity (Wildman–Crippen MR) is 113 cm³/mol. The Hall–Kier alpha value is -3.61. The molecular weight excluding hydrogens is 384 g/mol. The van der Waals surface area contributed by atoms with E-state index in [0.717, 1.165) is 11.1 Å². The summed E-state index contributed by atoms with van der Waals surface area (Å²) >= 11 is 0. The minimum absolute atomic E-state index is 0.0518. The molecule has 156 valence electrons. The third-order valence-electron chi connectivity index (χ3n) is 4.65. The summed E-state index contributed by atoms with van der Waals surface area (Å²) in [6, 6.07) is 14.1. The van der Waals surface area contributed by atoms with Crippen molar-refractivity contribution in [2.45, 2.75) is 26.3 Å². The molecule has 1 aliphatic rings. The molecule has 0 aromatic heterocycles. The van der Waals surface area contributed by atoms with E-state index in [0.29, 0.717) is 18.0 Å². The van der Waals surface area contributed by atoms with Crippen LogP contribution in [0.4, 0.5) is 5.69 Å². The van der Waals surface area contributed by atoms with Crippen molar-refractivity contribution in [3.63, 3.8) is 0 Å². The zero-order valence-electron chi connectivity index (χ0n) is 17.0. The summed E-state index contributed by atoms with van der Waals surface area (Å²) in [6.45, 7) is 3.33. The summed E-state index contributed by atoms with van der Waals surface area (Å²) in [6.07, 6.45) is 3.45. The molecule has 0 saturated carbocycles. The van der Waals surface area contributed by atoms with Crippen molar-refractivity contribution in [2.24, 2.45) is 0 Å². The first kappa shape index (κ1) is 21.1. The average molecular weight is 408 g/mol. The first-order valence-corrected chi connectivity index (χ1v) is 9.73. The van der Waals surface area contributed by atoms with Crippen molar-refractivity contribution < 1.29 is 23.9 Å². The summed E-state index contributed by atoms with van der Waals surface area (Å²) in [7, 11) is 0. The van der Waals surface area contributed by atoms with E-state index in [1.165, 1.54) is 11.8 Å². The second kappa shape index (κ2) is 9.73. The molecule has 3 rings (SSSR count). The van der Waals surface area contributed by atoms with Crippen LogP contribution in [0, 0.1) is 0 Å².